The summed E-state index contributed by atoms with van der Waals surface area (Å²) in [5.74, 6) is 0.180. The molecule has 3 heterocycles. The maximum Gasteiger partial charge on any atom is 0.416 e. The molecule has 3 aliphatic rings. The van der Waals surface area contributed by atoms with Gasteiger partial charge in [-0.25, -0.2) is 0 Å². The normalized spacial score (nSPS) is 22.3. The van der Waals surface area contributed by atoms with Crippen LogP contribution in [-0.2, 0) is 22.1 Å². The van der Waals surface area contributed by atoms with Gasteiger partial charge in [-0.3, -0.25) is 9.69 Å². The zero-order chi connectivity index (χ0) is 26.0. The number of alkyl halides is 3. The lowest BCUT2D eigenvalue weighted by Crippen LogP contribution is -2.61. The standard InChI is InChI=1S/C27H33F3N4O3/c1-36-22-4-2-3-21(17-22)33-9-10-34-24-6-5-20(27(28,29)30)15-19(24)16-23(25(34)18-33)26(35)31-7-8-32-11-13-37-14-12-32/h2-6,15,17,23,25H,7-14,16,18H2,1H3,(H,31,35)/t23-,25+/m1/s1. The van der Waals surface area contributed by atoms with Crippen molar-refractivity contribution in [1.29, 1.82) is 0 Å². The lowest BCUT2D eigenvalue weighted by molar-refractivity contribution is -0.137. The molecule has 37 heavy (non-hydrogen) atoms. The fraction of sp³-hybridized carbons (Fsp3) is 0.519. The highest BCUT2D eigenvalue weighted by atomic mass is 19.4. The van der Waals surface area contributed by atoms with Gasteiger partial charge in [0, 0.05) is 63.3 Å². The molecule has 2 fully saturated rings. The molecule has 10 heteroatoms. The molecular formula is C27H33F3N4O3. The summed E-state index contributed by atoms with van der Waals surface area (Å²) in [6, 6.07) is 11.6. The zero-order valence-corrected chi connectivity index (χ0v) is 21.0. The van der Waals surface area contributed by atoms with Crippen LogP contribution in [0.25, 0.3) is 0 Å². The lowest BCUT2D eigenvalue weighted by atomic mass is 9.82. The molecule has 0 bridgehead atoms. The third kappa shape index (κ3) is 5.65. The Hall–Kier alpha value is -2.98. The Bertz CT molecular complexity index is 1110. The number of hydrogen-bond donors (Lipinski definition) is 1. The number of ether oxygens (including phenoxy) is 2. The number of rotatable bonds is 6. The molecule has 0 aliphatic carbocycles. The Balaban J connectivity index is 1.37. The van der Waals surface area contributed by atoms with Gasteiger partial charge < -0.3 is 24.6 Å². The SMILES string of the molecule is COc1cccc(N2CCN3c4ccc(C(F)(F)F)cc4C[C@@H](C(=O)NCCN4CCOCC4)[C@@H]3C2)c1. The van der Waals surface area contributed by atoms with E-state index in [4.69, 9.17) is 9.47 Å². The number of fused-ring (bicyclic) bond motifs is 3. The quantitative estimate of drug-likeness (QED) is 0.635. The first-order chi connectivity index (χ1) is 17.8. The van der Waals surface area contributed by atoms with E-state index in [1.54, 1.807) is 13.2 Å². The van der Waals surface area contributed by atoms with Crippen molar-refractivity contribution < 1.29 is 27.4 Å². The van der Waals surface area contributed by atoms with E-state index in [1.165, 1.54) is 6.07 Å². The van der Waals surface area contributed by atoms with Gasteiger partial charge in [0.15, 0.2) is 0 Å². The number of amides is 1. The highest BCUT2D eigenvalue weighted by molar-refractivity contribution is 5.82. The molecule has 2 aromatic carbocycles. The smallest absolute Gasteiger partial charge is 0.416 e. The molecule has 7 nitrogen and oxygen atoms in total. The van der Waals surface area contributed by atoms with Crippen molar-refractivity contribution in [3.63, 3.8) is 0 Å². The molecule has 1 N–H and O–H groups in total. The molecule has 0 radical (unpaired) electrons. The van der Waals surface area contributed by atoms with Crippen LogP contribution in [0.4, 0.5) is 24.5 Å². The molecule has 0 saturated carbocycles. The number of piperazine rings is 1. The number of methoxy groups -OCH3 is 1. The summed E-state index contributed by atoms with van der Waals surface area (Å²) in [4.78, 5) is 20.1. The molecule has 5 rings (SSSR count). The maximum atomic E-state index is 13.5. The van der Waals surface area contributed by atoms with E-state index in [1.807, 2.05) is 24.3 Å². The van der Waals surface area contributed by atoms with E-state index in [9.17, 15) is 18.0 Å². The number of anilines is 2. The molecule has 1 amide bonds. The van der Waals surface area contributed by atoms with Gasteiger partial charge in [0.2, 0.25) is 5.91 Å². The number of nitrogens with one attached hydrogen (secondary N) is 1. The van der Waals surface area contributed by atoms with Crippen molar-refractivity contribution >= 4 is 17.3 Å². The summed E-state index contributed by atoms with van der Waals surface area (Å²) in [7, 11) is 1.63. The van der Waals surface area contributed by atoms with Crippen molar-refractivity contribution in [2.45, 2.75) is 18.6 Å². The largest absolute Gasteiger partial charge is 0.497 e. The van der Waals surface area contributed by atoms with E-state index >= 15 is 0 Å². The number of morpholine rings is 1. The summed E-state index contributed by atoms with van der Waals surface area (Å²) < 4.78 is 51.2. The minimum absolute atomic E-state index is 0.112. The molecule has 0 unspecified atom stereocenters. The maximum absolute atomic E-state index is 13.5. The molecule has 2 saturated heterocycles. The lowest BCUT2D eigenvalue weighted by Gasteiger charge is -2.49. The van der Waals surface area contributed by atoms with Gasteiger partial charge >= 0.3 is 6.18 Å². The minimum atomic E-state index is -4.42. The average molecular weight is 519 g/mol. The van der Waals surface area contributed by atoms with Crippen LogP contribution in [0.2, 0.25) is 0 Å². The van der Waals surface area contributed by atoms with Crippen molar-refractivity contribution in [3.8, 4) is 5.75 Å². The van der Waals surface area contributed by atoms with Crippen molar-refractivity contribution in [2.75, 3.05) is 75.9 Å². The van der Waals surface area contributed by atoms with Crippen LogP contribution in [0.3, 0.4) is 0 Å². The molecule has 200 valence electrons. The van der Waals surface area contributed by atoms with Gasteiger partial charge in [-0.05, 0) is 42.3 Å². The first kappa shape index (κ1) is 25.7. The number of benzene rings is 2. The number of halogens is 3. The Labute approximate surface area is 215 Å². The fourth-order valence-electron chi connectivity index (χ4n) is 5.63. The van der Waals surface area contributed by atoms with E-state index in [0.717, 1.165) is 42.8 Å². The molecule has 2 aromatic rings. The Morgan fingerprint density at radius 2 is 1.92 bits per heavy atom. The van der Waals surface area contributed by atoms with Crippen LogP contribution in [0.15, 0.2) is 42.5 Å². The highest BCUT2D eigenvalue weighted by Crippen LogP contribution is 2.40. The molecule has 3 aliphatic heterocycles. The van der Waals surface area contributed by atoms with Crippen LogP contribution in [0.1, 0.15) is 11.1 Å². The summed E-state index contributed by atoms with van der Waals surface area (Å²) in [6.07, 6.45) is -4.15. The zero-order valence-electron chi connectivity index (χ0n) is 21.0. The van der Waals surface area contributed by atoms with E-state index in [0.29, 0.717) is 45.0 Å². The number of hydrogen-bond acceptors (Lipinski definition) is 6. The summed E-state index contributed by atoms with van der Waals surface area (Å²) in [5.41, 5.74) is 1.70. The average Bonchev–Trinajstić information content (AvgIpc) is 2.92. The van der Waals surface area contributed by atoms with Gasteiger partial charge in [0.05, 0.1) is 37.8 Å². The van der Waals surface area contributed by atoms with Crippen LogP contribution in [0.5, 0.6) is 5.75 Å². The monoisotopic (exact) mass is 518 g/mol. The van der Waals surface area contributed by atoms with Gasteiger partial charge in [0.1, 0.15) is 5.75 Å². The van der Waals surface area contributed by atoms with E-state index < -0.39 is 17.7 Å². The first-order valence-electron chi connectivity index (χ1n) is 12.8. The minimum Gasteiger partial charge on any atom is -0.497 e. The van der Waals surface area contributed by atoms with Gasteiger partial charge in [0.25, 0.3) is 0 Å². The molecule has 2 atom stereocenters. The second-order valence-electron chi connectivity index (χ2n) is 9.81. The molecular weight excluding hydrogens is 485 g/mol. The fourth-order valence-corrected chi connectivity index (χ4v) is 5.63. The number of carbonyl (C=O) groups excluding carboxylic acids is 1. The summed E-state index contributed by atoms with van der Waals surface area (Å²) in [5, 5.41) is 3.07. The first-order valence-corrected chi connectivity index (χ1v) is 12.8. The Morgan fingerprint density at radius 3 is 2.68 bits per heavy atom. The number of nitrogens with zero attached hydrogens (tertiary/aromatic N) is 3. The second-order valence-corrected chi connectivity index (χ2v) is 9.81. The Morgan fingerprint density at radius 1 is 1.11 bits per heavy atom. The van der Waals surface area contributed by atoms with Crippen molar-refractivity contribution in [3.05, 3.63) is 53.6 Å². The molecule has 0 aromatic heterocycles. The topological polar surface area (TPSA) is 57.3 Å². The third-order valence-electron chi connectivity index (χ3n) is 7.63. The van der Waals surface area contributed by atoms with Gasteiger partial charge in [-0.1, -0.05) is 6.07 Å². The van der Waals surface area contributed by atoms with Gasteiger partial charge in [-0.15, -0.1) is 0 Å². The highest BCUT2D eigenvalue weighted by Gasteiger charge is 2.42. The molecule has 0 spiro atoms. The van der Waals surface area contributed by atoms with Crippen molar-refractivity contribution in [1.82, 2.24) is 10.2 Å². The van der Waals surface area contributed by atoms with Crippen LogP contribution < -0.4 is 19.9 Å². The van der Waals surface area contributed by atoms with Crippen molar-refractivity contribution in [2.24, 2.45) is 5.92 Å². The summed E-state index contributed by atoms with van der Waals surface area (Å²) >= 11 is 0. The van der Waals surface area contributed by atoms with Gasteiger partial charge in [-0.2, -0.15) is 13.2 Å². The third-order valence-corrected chi connectivity index (χ3v) is 7.63. The predicted octanol–water partition coefficient (Wildman–Crippen LogP) is 3.03. The summed E-state index contributed by atoms with van der Waals surface area (Å²) in [6.45, 7) is 6.15. The predicted molar refractivity (Wildman–Crippen MR) is 135 cm³/mol. The van der Waals surface area contributed by atoms with E-state index in [-0.39, 0.29) is 18.4 Å². The van der Waals surface area contributed by atoms with Crippen LogP contribution in [0, 0.1) is 5.92 Å². The van der Waals surface area contributed by atoms with E-state index in [2.05, 4.69) is 20.0 Å². The van der Waals surface area contributed by atoms with Crippen LogP contribution in [-0.4, -0.2) is 83.0 Å². The Kier molecular flexibility index (Phi) is 7.48. The second kappa shape index (κ2) is 10.8. The number of carbonyl (C=O) groups is 1. The van der Waals surface area contributed by atoms with Crippen LogP contribution >= 0.6 is 0 Å².